The van der Waals surface area contributed by atoms with Crippen LogP contribution in [0.5, 0.6) is 0 Å². The van der Waals surface area contributed by atoms with E-state index >= 15 is 0 Å². The minimum Gasteiger partial charge on any atom is -0.393 e. The highest BCUT2D eigenvalue weighted by Gasteiger charge is 2.20. The van der Waals surface area contributed by atoms with Crippen molar-refractivity contribution in [2.24, 2.45) is 11.3 Å². The molecule has 0 aromatic carbocycles. The van der Waals surface area contributed by atoms with Gasteiger partial charge in [-0.3, -0.25) is 0 Å². The first-order chi connectivity index (χ1) is 6.47. The first kappa shape index (κ1) is 12.0. The van der Waals surface area contributed by atoms with E-state index in [0.717, 1.165) is 38.9 Å². The maximum Gasteiger partial charge on any atom is 0.0544 e. The third-order valence-electron chi connectivity index (χ3n) is 2.86. The lowest BCUT2D eigenvalue weighted by molar-refractivity contribution is 0.110. The van der Waals surface area contributed by atoms with Gasteiger partial charge < -0.3 is 9.84 Å². The minimum atomic E-state index is -0.124. The van der Waals surface area contributed by atoms with E-state index in [-0.39, 0.29) is 6.10 Å². The molecule has 0 aromatic rings. The maximum atomic E-state index is 9.82. The van der Waals surface area contributed by atoms with Crippen LogP contribution < -0.4 is 0 Å². The topological polar surface area (TPSA) is 29.5 Å². The number of hydrogen-bond donors (Lipinski definition) is 1. The molecule has 1 saturated heterocycles. The van der Waals surface area contributed by atoms with E-state index in [9.17, 15) is 5.11 Å². The second-order valence-electron chi connectivity index (χ2n) is 5.72. The second-order valence-corrected chi connectivity index (χ2v) is 5.72. The van der Waals surface area contributed by atoms with Crippen molar-refractivity contribution in [1.29, 1.82) is 0 Å². The van der Waals surface area contributed by atoms with Gasteiger partial charge in [-0.2, -0.15) is 0 Å². The maximum absolute atomic E-state index is 9.82. The fourth-order valence-corrected chi connectivity index (χ4v) is 1.87. The van der Waals surface area contributed by atoms with Crippen LogP contribution in [0.1, 0.15) is 46.5 Å². The highest BCUT2D eigenvalue weighted by molar-refractivity contribution is 4.71. The van der Waals surface area contributed by atoms with Gasteiger partial charge >= 0.3 is 0 Å². The smallest absolute Gasteiger partial charge is 0.0544 e. The van der Waals surface area contributed by atoms with Gasteiger partial charge in [0, 0.05) is 13.2 Å². The summed E-state index contributed by atoms with van der Waals surface area (Å²) < 4.78 is 5.29. The van der Waals surface area contributed by atoms with E-state index in [0.29, 0.717) is 11.3 Å². The first-order valence-corrected chi connectivity index (χ1v) is 5.73. The molecule has 1 rings (SSSR count). The zero-order valence-corrected chi connectivity index (χ0v) is 9.75. The lowest BCUT2D eigenvalue weighted by atomic mass is 9.87. The quantitative estimate of drug-likeness (QED) is 0.756. The predicted octanol–water partition coefficient (Wildman–Crippen LogP) is 2.60. The summed E-state index contributed by atoms with van der Waals surface area (Å²) in [5, 5.41) is 9.82. The van der Waals surface area contributed by atoms with Crippen molar-refractivity contribution in [1.82, 2.24) is 0 Å². The third-order valence-corrected chi connectivity index (χ3v) is 2.86. The summed E-state index contributed by atoms with van der Waals surface area (Å²) in [4.78, 5) is 0. The third kappa shape index (κ3) is 4.97. The molecule has 1 aliphatic heterocycles. The molecule has 0 spiro atoms. The molecule has 0 saturated carbocycles. The van der Waals surface area contributed by atoms with Crippen molar-refractivity contribution in [3.05, 3.63) is 0 Å². The van der Waals surface area contributed by atoms with Gasteiger partial charge in [-0.05, 0) is 37.0 Å². The van der Waals surface area contributed by atoms with Gasteiger partial charge in [0.1, 0.15) is 0 Å². The predicted molar refractivity (Wildman–Crippen MR) is 58.2 cm³/mol. The number of aliphatic hydroxyl groups is 1. The molecule has 14 heavy (non-hydrogen) atoms. The van der Waals surface area contributed by atoms with Crippen LogP contribution in [0, 0.1) is 11.3 Å². The summed E-state index contributed by atoms with van der Waals surface area (Å²) >= 11 is 0. The minimum absolute atomic E-state index is 0.124. The molecule has 0 radical (unpaired) electrons. The molecule has 0 aromatic heterocycles. The molecule has 0 amide bonds. The van der Waals surface area contributed by atoms with Crippen molar-refractivity contribution in [2.75, 3.05) is 13.2 Å². The van der Waals surface area contributed by atoms with Gasteiger partial charge in [-0.25, -0.2) is 0 Å². The van der Waals surface area contributed by atoms with Crippen molar-refractivity contribution in [2.45, 2.75) is 52.6 Å². The molecule has 0 aliphatic carbocycles. The normalized spacial score (nSPS) is 25.3. The number of rotatable bonds is 4. The molecular weight excluding hydrogens is 176 g/mol. The van der Waals surface area contributed by atoms with Crippen molar-refractivity contribution >= 4 is 0 Å². The standard InChI is InChI=1S/C12H24O2/c1-12(2,3)6-4-11(13)8-10-5-7-14-9-10/h10-11,13H,4-9H2,1-3H3. The van der Waals surface area contributed by atoms with Crippen LogP contribution in [0.3, 0.4) is 0 Å². The zero-order valence-electron chi connectivity index (χ0n) is 9.75. The molecule has 1 aliphatic rings. The Morgan fingerprint density at radius 1 is 1.43 bits per heavy atom. The first-order valence-electron chi connectivity index (χ1n) is 5.73. The summed E-state index contributed by atoms with van der Waals surface area (Å²) in [6.45, 7) is 8.40. The highest BCUT2D eigenvalue weighted by atomic mass is 16.5. The van der Waals surface area contributed by atoms with Gasteiger partial charge in [-0.15, -0.1) is 0 Å². The van der Waals surface area contributed by atoms with Crippen LogP contribution >= 0.6 is 0 Å². The Labute approximate surface area is 87.7 Å². The van der Waals surface area contributed by atoms with Crippen LogP contribution in [-0.4, -0.2) is 24.4 Å². The summed E-state index contributed by atoms with van der Waals surface area (Å²) in [5.74, 6) is 0.602. The Morgan fingerprint density at radius 3 is 2.64 bits per heavy atom. The van der Waals surface area contributed by atoms with E-state index in [4.69, 9.17) is 4.74 Å². The van der Waals surface area contributed by atoms with Crippen LogP contribution in [0.2, 0.25) is 0 Å². The van der Waals surface area contributed by atoms with Crippen LogP contribution in [0.25, 0.3) is 0 Å². The largest absolute Gasteiger partial charge is 0.393 e. The lowest BCUT2D eigenvalue weighted by Gasteiger charge is -2.21. The molecule has 1 fully saturated rings. The Kier molecular flexibility index (Phi) is 4.39. The summed E-state index contributed by atoms with van der Waals surface area (Å²) in [6, 6.07) is 0. The second kappa shape index (κ2) is 5.13. The van der Waals surface area contributed by atoms with Gasteiger partial charge in [0.25, 0.3) is 0 Å². The molecule has 84 valence electrons. The van der Waals surface area contributed by atoms with Crippen LogP contribution in [0.4, 0.5) is 0 Å². The zero-order chi connectivity index (χ0) is 10.6. The summed E-state index contributed by atoms with van der Waals surface area (Å²) in [7, 11) is 0. The number of hydrogen-bond acceptors (Lipinski definition) is 2. The SMILES string of the molecule is CC(C)(C)CCC(O)CC1CCOC1. The average molecular weight is 200 g/mol. The lowest BCUT2D eigenvalue weighted by Crippen LogP contribution is -2.17. The Bertz CT molecular complexity index is 154. The fraction of sp³-hybridized carbons (Fsp3) is 1.00. The summed E-state index contributed by atoms with van der Waals surface area (Å²) in [5.41, 5.74) is 0.340. The van der Waals surface area contributed by atoms with Gasteiger partial charge in [0.2, 0.25) is 0 Å². The van der Waals surface area contributed by atoms with E-state index in [2.05, 4.69) is 20.8 Å². The van der Waals surface area contributed by atoms with Crippen molar-refractivity contribution in [3.63, 3.8) is 0 Å². The average Bonchev–Trinajstić information content (AvgIpc) is 2.52. The molecule has 2 nitrogen and oxygen atoms in total. The monoisotopic (exact) mass is 200 g/mol. The van der Waals surface area contributed by atoms with Crippen molar-refractivity contribution in [3.8, 4) is 0 Å². The van der Waals surface area contributed by atoms with Gasteiger partial charge in [0.15, 0.2) is 0 Å². The number of aliphatic hydroxyl groups excluding tert-OH is 1. The van der Waals surface area contributed by atoms with E-state index in [1.54, 1.807) is 0 Å². The Hall–Kier alpha value is -0.0800. The van der Waals surface area contributed by atoms with E-state index in [1.807, 2.05) is 0 Å². The molecule has 0 bridgehead atoms. The fourth-order valence-electron chi connectivity index (χ4n) is 1.87. The Balaban J connectivity index is 2.12. The van der Waals surface area contributed by atoms with Crippen LogP contribution in [0.15, 0.2) is 0 Å². The van der Waals surface area contributed by atoms with Crippen LogP contribution in [-0.2, 0) is 4.74 Å². The molecule has 1 N–H and O–H groups in total. The van der Waals surface area contributed by atoms with Crippen molar-refractivity contribution < 1.29 is 9.84 Å². The van der Waals surface area contributed by atoms with Gasteiger partial charge in [-0.1, -0.05) is 20.8 Å². The molecule has 2 atom stereocenters. The molecule has 2 heteroatoms. The Morgan fingerprint density at radius 2 is 2.14 bits per heavy atom. The highest BCUT2D eigenvalue weighted by Crippen LogP contribution is 2.25. The molecule has 1 heterocycles. The van der Waals surface area contributed by atoms with E-state index < -0.39 is 0 Å². The molecule has 2 unspecified atom stereocenters. The molecular formula is C12H24O2. The summed E-state index contributed by atoms with van der Waals surface area (Å²) in [6.07, 6.45) is 3.96. The number of ether oxygens (including phenoxy) is 1. The van der Waals surface area contributed by atoms with E-state index in [1.165, 1.54) is 0 Å². The van der Waals surface area contributed by atoms with Gasteiger partial charge in [0.05, 0.1) is 6.10 Å².